The second kappa shape index (κ2) is 3.69. The van der Waals surface area contributed by atoms with E-state index in [0.29, 0.717) is 0 Å². The van der Waals surface area contributed by atoms with E-state index in [0.717, 1.165) is 10.4 Å². The molecule has 1 aromatic heterocycles. The third kappa shape index (κ3) is 2.06. The van der Waals surface area contributed by atoms with E-state index in [4.69, 9.17) is 11.5 Å². The standard InChI is InChI=1S/C8H12N2OS/c1-5-6(2-3-12-5)7(9)4-8(10)11/h2-3,7H,4,9H2,1H3,(H2,10,11). The fourth-order valence-corrected chi connectivity index (χ4v) is 1.88. The smallest absolute Gasteiger partial charge is 0.219 e. The molecule has 0 aromatic carbocycles. The van der Waals surface area contributed by atoms with Gasteiger partial charge in [0, 0.05) is 17.3 Å². The van der Waals surface area contributed by atoms with Crippen molar-refractivity contribution in [1.82, 2.24) is 0 Å². The summed E-state index contributed by atoms with van der Waals surface area (Å²) in [7, 11) is 0. The molecule has 1 heterocycles. The summed E-state index contributed by atoms with van der Waals surface area (Å²) in [5, 5.41) is 1.96. The first kappa shape index (κ1) is 9.22. The van der Waals surface area contributed by atoms with Crippen molar-refractivity contribution < 1.29 is 4.79 Å². The third-order valence-corrected chi connectivity index (χ3v) is 2.58. The van der Waals surface area contributed by atoms with Crippen LogP contribution in [-0.2, 0) is 4.79 Å². The Morgan fingerprint density at radius 3 is 2.83 bits per heavy atom. The van der Waals surface area contributed by atoms with Crippen LogP contribution in [0.15, 0.2) is 11.4 Å². The van der Waals surface area contributed by atoms with E-state index in [9.17, 15) is 4.79 Å². The Morgan fingerprint density at radius 2 is 2.42 bits per heavy atom. The molecular formula is C8H12N2OS. The monoisotopic (exact) mass is 184 g/mol. The number of rotatable bonds is 3. The lowest BCUT2D eigenvalue weighted by molar-refractivity contribution is -0.118. The minimum Gasteiger partial charge on any atom is -0.370 e. The minimum atomic E-state index is -0.354. The zero-order valence-corrected chi connectivity index (χ0v) is 7.73. The maximum absolute atomic E-state index is 10.6. The molecule has 1 unspecified atom stereocenters. The van der Waals surface area contributed by atoms with Crippen LogP contribution in [0.4, 0.5) is 0 Å². The maximum Gasteiger partial charge on any atom is 0.219 e. The number of aryl methyl sites for hydroxylation is 1. The van der Waals surface area contributed by atoms with Gasteiger partial charge in [-0.3, -0.25) is 4.79 Å². The van der Waals surface area contributed by atoms with Crippen molar-refractivity contribution in [3.63, 3.8) is 0 Å². The predicted molar refractivity (Wildman–Crippen MR) is 49.8 cm³/mol. The third-order valence-electron chi connectivity index (χ3n) is 1.72. The van der Waals surface area contributed by atoms with Crippen LogP contribution in [0, 0.1) is 6.92 Å². The van der Waals surface area contributed by atoms with E-state index in [1.54, 1.807) is 11.3 Å². The van der Waals surface area contributed by atoms with Crippen molar-refractivity contribution >= 4 is 17.2 Å². The summed E-state index contributed by atoms with van der Waals surface area (Å²) in [4.78, 5) is 11.7. The molecule has 0 fully saturated rings. The zero-order valence-electron chi connectivity index (χ0n) is 6.91. The van der Waals surface area contributed by atoms with Gasteiger partial charge in [0.15, 0.2) is 0 Å². The van der Waals surface area contributed by atoms with Crippen molar-refractivity contribution in [3.05, 3.63) is 21.9 Å². The van der Waals surface area contributed by atoms with Crippen LogP contribution in [0.2, 0.25) is 0 Å². The highest BCUT2D eigenvalue weighted by atomic mass is 32.1. The molecule has 1 amide bonds. The molecule has 1 rings (SSSR count). The Bertz CT molecular complexity index is 282. The van der Waals surface area contributed by atoms with Gasteiger partial charge in [-0.2, -0.15) is 0 Å². The average molecular weight is 184 g/mol. The summed E-state index contributed by atoms with van der Waals surface area (Å²) in [5.74, 6) is -0.354. The van der Waals surface area contributed by atoms with Gasteiger partial charge in [0.2, 0.25) is 5.91 Å². The molecule has 0 saturated carbocycles. The zero-order chi connectivity index (χ0) is 9.14. The van der Waals surface area contributed by atoms with Crippen LogP contribution < -0.4 is 11.5 Å². The predicted octanol–water partition coefficient (Wildman–Crippen LogP) is 0.932. The summed E-state index contributed by atoms with van der Waals surface area (Å²) in [6.07, 6.45) is 0.220. The lowest BCUT2D eigenvalue weighted by atomic mass is 10.1. The van der Waals surface area contributed by atoms with E-state index in [-0.39, 0.29) is 18.4 Å². The van der Waals surface area contributed by atoms with Gasteiger partial charge in [0.1, 0.15) is 0 Å². The molecule has 1 aromatic rings. The van der Waals surface area contributed by atoms with Gasteiger partial charge in [-0.25, -0.2) is 0 Å². The van der Waals surface area contributed by atoms with Crippen LogP contribution in [0.25, 0.3) is 0 Å². The number of amides is 1. The molecule has 1 atom stereocenters. The highest BCUT2D eigenvalue weighted by Crippen LogP contribution is 2.22. The lowest BCUT2D eigenvalue weighted by Gasteiger charge is -2.07. The number of hydrogen-bond donors (Lipinski definition) is 2. The van der Waals surface area contributed by atoms with Gasteiger partial charge in [-0.15, -0.1) is 11.3 Å². The molecule has 4 heteroatoms. The molecule has 0 aliphatic heterocycles. The number of primary amides is 1. The van der Waals surface area contributed by atoms with Crippen LogP contribution in [-0.4, -0.2) is 5.91 Å². The Morgan fingerprint density at radius 1 is 1.75 bits per heavy atom. The highest BCUT2D eigenvalue weighted by Gasteiger charge is 2.11. The number of thiophene rings is 1. The van der Waals surface area contributed by atoms with E-state index in [2.05, 4.69) is 0 Å². The van der Waals surface area contributed by atoms with Gasteiger partial charge in [-0.1, -0.05) is 0 Å². The van der Waals surface area contributed by atoms with E-state index in [1.165, 1.54) is 0 Å². The Balaban J connectivity index is 2.71. The number of carbonyl (C=O) groups excluding carboxylic acids is 1. The maximum atomic E-state index is 10.6. The molecule has 0 aliphatic carbocycles. The first-order valence-electron chi connectivity index (χ1n) is 3.69. The van der Waals surface area contributed by atoms with E-state index in [1.807, 2.05) is 18.4 Å². The quantitative estimate of drug-likeness (QED) is 0.733. The van der Waals surface area contributed by atoms with Gasteiger partial charge in [-0.05, 0) is 23.9 Å². The molecule has 3 nitrogen and oxygen atoms in total. The highest BCUT2D eigenvalue weighted by molar-refractivity contribution is 7.10. The Hall–Kier alpha value is -0.870. The molecule has 0 saturated heterocycles. The normalized spacial score (nSPS) is 12.8. The Labute approximate surface area is 75.4 Å². The van der Waals surface area contributed by atoms with Gasteiger partial charge in [0.25, 0.3) is 0 Å². The van der Waals surface area contributed by atoms with Gasteiger partial charge >= 0.3 is 0 Å². The second-order valence-electron chi connectivity index (χ2n) is 2.71. The largest absolute Gasteiger partial charge is 0.370 e. The van der Waals surface area contributed by atoms with Crippen molar-refractivity contribution in [2.75, 3.05) is 0 Å². The summed E-state index contributed by atoms with van der Waals surface area (Å²) in [6.45, 7) is 1.99. The van der Waals surface area contributed by atoms with Crippen LogP contribution in [0.3, 0.4) is 0 Å². The van der Waals surface area contributed by atoms with E-state index >= 15 is 0 Å². The molecule has 66 valence electrons. The number of nitrogens with two attached hydrogens (primary N) is 2. The summed E-state index contributed by atoms with van der Waals surface area (Å²) >= 11 is 1.63. The van der Waals surface area contributed by atoms with Gasteiger partial charge < -0.3 is 11.5 Å². The fraction of sp³-hybridized carbons (Fsp3) is 0.375. The molecule has 0 spiro atoms. The molecule has 0 aliphatic rings. The minimum absolute atomic E-state index is 0.220. The number of carbonyl (C=O) groups is 1. The Kier molecular flexibility index (Phi) is 2.83. The van der Waals surface area contributed by atoms with E-state index < -0.39 is 0 Å². The molecule has 4 N–H and O–H groups in total. The summed E-state index contributed by atoms with van der Waals surface area (Å²) in [6, 6.07) is 1.70. The van der Waals surface area contributed by atoms with Crippen molar-refractivity contribution in [2.45, 2.75) is 19.4 Å². The van der Waals surface area contributed by atoms with Crippen molar-refractivity contribution in [3.8, 4) is 0 Å². The first-order chi connectivity index (χ1) is 5.61. The van der Waals surface area contributed by atoms with Crippen molar-refractivity contribution in [2.24, 2.45) is 11.5 Å². The molecule has 0 bridgehead atoms. The lowest BCUT2D eigenvalue weighted by Crippen LogP contribution is -2.20. The number of hydrogen-bond acceptors (Lipinski definition) is 3. The van der Waals surface area contributed by atoms with Crippen LogP contribution in [0.1, 0.15) is 22.9 Å². The first-order valence-corrected chi connectivity index (χ1v) is 4.57. The fourth-order valence-electron chi connectivity index (χ4n) is 1.11. The SMILES string of the molecule is Cc1sccc1C(N)CC(N)=O. The van der Waals surface area contributed by atoms with Crippen LogP contribution >= 0.6 is 11.3 Å². The molecule has 0 radical (unpaired) electrons. The summed E-state index contributed by atoms with van der Waals surface area (Å²) in [5.41, 5.74) is 11.8. The van der Waals surface area contributed by atoms with Crippen LogP contribution in [0.5, 0.6) is 0 Å². The van der Waals surface area contributed by atoms with Crippen molar-refractivity contribution in [1.29, 1.82) is 0 Å². The second-order valence-corrected chi connectivity index (χ2v) is 3.83. The average Bonchev–Trinajstić information content (AvgIpc) is 2.33. The topological polar surface area (TPSA) is 69.1 Å². The van der Waals surface area contributed by atoms with Gasteiger partial charge in [0.05, 0.1) is 0 Å². The molecular weight excluding hydrogens is 172 g/mol. The summed E-state index contributed by atoms with van der Waals surface area (Å²) < 4.78 is 0. The molecule has 12 heavy (non-hydrogen) atoms.